The van der Waals surface area contributed by atoms with Crippen molar-refractivity contribution in [2.45, 2.75) is 13.0 Å². The summed E-state index contributed by atoms with van der Waals surface area (Å²) in [4.78, 5) is 0. The number of nitrogens with zero attached hydrogens (tertiary/aromatic N) is 2. The Morgan fingerprint density at radius 2 is 1.58 bits per heavy atom. The van der Waals surface area contributed by atoms with Gasteiger partial charge in [-0.25, -0.2) is 0 Å². The zero-order valence-corrected chi connectivity index (χ0v) is 13.7. The van der Waals surface area contributed by atoms with Gasteiger partial charge in [-0.3, -0.25) is 0 Å². The largest absolute Gasteiger partial charge is 0.383 e. The highest BCUT2D eigenvalue weighted by Gasteiger charge is 2.29. The van der Waals surface area contributed by atoms with E-state index in [9.17, 15) is 8.42 Å². The Morgan fingerprint density at radius 3 is 1.89 bits per heavy atom. The molecule has 9 heteroatoms. The second-order valence-electron chi connectivity index (χ2n) is 3.99. The molecule has 118 valence electrons. The van der Waals surface area contributed by atoms with Crippen molar-refractivity contribution in [1.82, 2.24) is 8.61 Å². The summed E-state index contributed by atoms with van der Waals surface area (Å²) >= 11 is 0. The zero-order valence-electron chi connectivity index (χ0n) is 12.0. The Morgan fingerprint density at radius 1 is 1.16 bits per heavy atom. The fourth-order valence-electron chi connectivity index (χ4n) is 1.29. The van der Waals surface area contributed by atoms with Crippen LogP contribution in [0, 0.1) is 0 Å². The molecular formula is C10H26ClN3O4S. The molecule has 19 heavy (non-hydrogen) atoms. The highest BCUT2D eigenvalue weighted by atomic mass is 35.5. The van der Waals surface area contributed by atoms with Gasteiger partial charge in [0.2, 0.25) is 0 Å². The summed E-state index contributed by atoms with van der Waals surface area (Å²) in [5.41, 5.74) is 5.50. The van der Waals surface area contributed by atoms with Crippen molar-refractivity contribution in [1.29, 1.82) is 0 Å². The van der Waals surface area contributed by atoms with Crippen molar-refractivity contribution in [3.05, 3.63) is 0 Å². The van der Waals surface area contributed by atoms with E-state index in [1.165, 1.54) is 29.9 Å². The van der Waals surface area contributed by atoms with Crippen LogP contribution in [0.4, 0.5) is 0 Å². The van der Waals surface area contributed by atoms with E-state index in [1.807, 2.05) is 0 Å². The van der Waals surface area contributed by atoms with E-state index in [2.05, 4.69) is 0 Å². The maximum atomic E-state index is 12.3. The first-order valence-electron chi connectivity index (χ1n) is 5.82. The van der Waals surface area contributed by atoms with Crippen molar-refractivity contribution in [2.75, 3.05) is 54.1 Å². The molecule has 1 unspecified atom stereocenters. The van der Waals surface area contributed by atoms with Crippen molar-refractivity contribution < 1.29 is 17.9 Å². The number of likely N-dealkylation sites (N-methyl/N-ethyl adjacent to an activating group) is 1. The minimum Gasteiger partial charge on any atom is -0.383 e. The molecule has 0 aromatic carbocycles. The first kappa shape index (κ1) is 21.3. The van der Waals surface area contributed by atoms with Crippen LogP contribution in [0.2, 0.25) is 0 Å². The van der Waals surface area contributed by atoms with Gasteiger partial charge >= 0.3 is 0 Å². The van der Waals surface area contributed by atoms with Crippen molar-refractivity contribution >= 4 is 22.6 Å². The van der Waals surface area contributed by atoms with Gasteiger partial charge in [0.25, 0.3) is 10.2 Å². The Balaban J connectivity index is 0. The molecule has 0 bridgehead atoms. The van der Waals surface area contributed by atoms with Crippen molar-refractivity contribution in [3.63, 3.8) is 0 Å². The molecule has 0 amide bonds. The van der Waals surface area contributed by atoms with E-state index in [4.69, 9.17) is 15.2 Å². The van der Waals surface area contributed by atoms with Gasteiger partial charge in [-0.05, 0) is 6.92 Å². The monoisotopic (exact) mass is 319 g/mol. The van der Waals surface area contributed by atoms with Crippen LogP contribution in [0.5, 0.6) is 0 Å². The highest BCUT2D eigenvalue weighted by molar-refractivity contribution is 7.86. The molecule has 0 aromatic heterocycles. The predicted molar refractivity (Wildman–Crippen MR) is 77.8 cm³/mol. The number of ether oxygens (including phenoxy) is 2. The second-order valence-corrected chi connectivity index (χ2v) is 5.98. The van der Waals surface area contributed by atoms with Crippen LogP contribution in [-0.2, 0) is 19.7 Å². The van der Waals surface area contributed by atoms with Gasteiger partial charge in [0, 0.05) is 46.9 Å². The lowest BCUT2D eigenvalue weighted by Crippen LogP contribution is -2.49. The lowest BCUT2D eigenvalue weighted by atomic mass is 10.4. The third-order valence-electron chi connectivity index (χ3n) is 2.74. The number of hydrogen-bond acceptors (Lipinski definition) is 5. The fourth-order valence-corrected chi connectivity index (χ4v) is 2.80. The minimum atomic E-state index is -3.53. The zero-order chi connectivity index (χ0) is 14.2. The summed E-state index contributed by atoms with van der Waals surface area (Å²) in [6, 6.07) is -0.248. The average molecular weight is 320 g/mol. The first-order valence-corrected chi connectivity index (χ1v) is 7.22. The molecule has 1 atom stereocenters. The second kappa shape index (κ2) is 10.8. The number of halogens is 1. The number of hydrogen-bond donors (Lipinski definition) is 1. The highest BCUT2D eigenvalue weighted by Crippen LogP contribution is 2.09. The number of rotatable bonds is 10. The Kier molecular flexibility index (Phi) is 12.1. The van der Waals surface area contributed by atoms with Crippen molar-refractivity contribution in [2.24, 2.45) is 5.73 Å². The molecule has 0 heterocycles. The summed E-state index contributed by atoms with van der Waals surface area (Å²) in [6.45, 7) is 3.32. The Hall–Kier alpha value is 0.0400. The summed E-state index contributed by atoms with van der Waals surface area (Å²) in [5, 5.41) is 0. The molecule has 7 nitrogen and oxygen atoms in total. The van der Waals surface area contributed by atoms with Crippen LogP contribution in [-0.4, -0.2) is 77.2 Å². The SMILES string of the molecule is COCCN(CCOC)S(=O)(=O)N(C)C(C)CN.Cl. The van der Waals surface area contributed by atoms with Crippen LogP contribution in [0.1, 0.15) is 6.92 Å². The van der Waals surface area contributed by atoms with Gasteiger partial charge in [0.15, 0.2) is 0 Å². The van der Waals surface area contributed by atoms with Gasteiger partial charge in [-0.1, -0.05) is 0 Å². The van der Waals surface area contributed by atoms with E-state index in [-0.39, 0.29) is 25.0 Å². The van der Waals surface area contributed by atoms with Crippen LogP contribution < -0.4 is 5.73 Å². The molecule has 0 aliphatic rings. The maximum absolute atomic E-state index is 12.3. The molecule has 0 saturated carbocycles. The summed E-state index contributed by atoms with van der Waals surface area (Å²) in [7, 11) is 1.07. The van der Waals surface area contributed by atoms with E-state index in [1.54, 1.807) is 6.92 Å². The van der Waals surface area contributed by atoms with Crippen LogP contribution in [0.15, 0.2) is 0 Å². The predicted octanol–water partition coefficient (Wildman–Crippen LogP) is -0.473. The Labute approximate surface area is 122 Å². The molecule has 0 saturated heterocycles. The normalized spacial score (nSPS) is 13.6. The average Bonchev–Trinajstić information content (AvgIpc) is 2.36. The molecule has 0 aromatic rings. The van der Waals surface area contributed by atoms with Crippen molar-refractivity contribution in [3.8, 4) is 0 Å². The van der Waals surface area contributed by atoms with E-state index in [0.717, 1.165) is 0 Å². The molecule has 0 spiro atoms. The van der Waals surface area contributed by atoms with E-state index >= 15 is 0 Å². The van der Waals surface area contributed by atoms with E-state index < -0.39 is 10.2 Å². The molecule has 0 radical (unpaired) electrons. The summed E-state index contributed by atoms with van der Waals surface area (Å²) in [5.74, 6) is 0. The van der Waals surface area contributed by atoms with Gasteiger partial charge in [-0.15, -0.1) is 12.4 Å². The van der Waals surface area contributed by atoms with Crippen LogP contribution in [0.3, 0.4) is 0 Å². The van der Waals surface area contributed by atoms with Gasteiger partial charge in [0.05, 0.1) is 13.2 Å². The summed E-state index contributed by atoms with van der Waals surface area (Å²) < 4.78 is 37.1. The van der Waals surface area contributed by atoms with Gasteiger partial charge in [-0.2, -0.15) is 17.0 Å². The molecule has 2 N–H and O–H groups in total. The topological polar surface area (TPSA) is 85.1 Å². The third-order valence-corrected chi connectivity index (χ3v) is 4.85. The minimum absolute atomic E-state index is 0. The number of methoxy groups -OCH3 is 2. The lowest BCUT2D eigenvalue weighted by molar-refractivity contribution is 0.146. The first-order chi connectivity index (χ1) is 8.41. The molecule has 0 aliphatic heterocycles. The molecule has 0 rings (SSSR count). The molecular weight excluding hydrogens is 294 g/mol. The lowest BCUT2D eigenvalue weighted by Gasteiger charge is -2.30. The molecule has 0 fully saturated rings. The smallest absolute Gasteiger partial charge is 0.282 e. The maximum Gasteiger partial charge on any atom is 0.282 e. The molecule has 0 aliphatic carbocycles. The third kappa shape index (κ3) is 6.84. The standard InChI is InChI=1S/C10H25N3O4S.ClH/c1-10(9-11)12(2)18(14,15)13(5-7-16-3)6-8-17-4;/h10H,5-9,11H2,1-4H3;1H. The van der Waals surface area contributed by atoms with Crippen LogP contribution in [0.25, 0.3) is 0 Å². The summed E-state index contributed by atoms with van der Waals surface area (Å²) in [6.07, 6.45) is 0. The Bertz CT molecular complexity index is 308. The van der Waals surface area contributed by atoms with Gasteiger partial charge < -0.3 is 15.2 Å². The van der Waals surface area contributed by atoms with Gasteiger partial charge in [0.1, 0.15) is 0 Å². The number of nitrogens with two attached hydrogens (primary N) is 1. The van der Waals surface area contributed by atoms with E-state index in [0.29, 0.717) is 26.3 Å². The van der Waals surface area contributed by atoms with Crippen LogP contribution >= 0.6 is 12.4 Å². The quantitative estimate of drug-likeness (QED) is 0.588. The fraction of sp³-hybridized carbons (Fsp3) is 1.00.